The highest BCUT2D eigenvalue weighted by molar-refractivity contribution is 6.19. The maximum atomic E-state index is 13.6. The number of benzene rings is 2. The zero-order chi connectivity index (χ0) is 26.1. The van der Waals surface area contributed by atoms with Crippen molar-refractivity contribution in [1.29, 1.82) is 5.26 Å². The summed E-state index contributed by atoms with van der Waals surface area (Å²) in [5, 5.41) is 14.7. The van der Waals surface area contributed by atoms with E-state index in [0.29, 0.717) is 22.6 Å². The largest absolute Gasteiger partial charge is 0.467 e. The molecular weight excluding hydrogens is 464 g/mol. The molecule has 2 amide bonds. The van der Waals surface area contributed by atoms with Gasteiger partial charge in [0.25, 0.3) is 11.8 Å². The van der Waals surface area contributed by atoms with Gasteiger partial charge in [0.2, 0.25) is 0 Å². The number of rotatable bonds is 5. The summed E-state index contributed by atoms with van der Waals surface area (Å²) in [6.07, 6.45) is 5.06. The third kappa shape index (κ3) is 4.41. The first-order valence-corrected chi connectivity index (χ1v) is 11.8. The van der Waals surface area contributed by atoms with Crippen LogP contribution in [0, 0.1) is 25.2 Å². The molecule has 37 heavy (non-hydrogen) atoms. The molecule has 0 spiro atoms. The topological polar surface area (TPSA) is 92.1 Å². The van der Waals surface area contributed by atoms with E-state index in [9.17, 15) is 14.9 Å². The van der Waals surface area contributed by atoms with Crippen LogP contribution in [0.5, 0.6) is 0 Å². The second kappa shape index (κ2) is 9.59. The molecule has 1 aliphatic rings. The number of carbonyl (C=O) groups excluding carboxylic acids is 2. The molecule has 7 heteroatoms. The fraction of sp³-hybridized carbons (Fsp3) is 0.133. The number of furan rings is 1. The van der Waals surface area contributed by atoms with Crippen LogP contribution in [-0.4, -0.2) is 26.5 Å². The molecule has 3 heterocycles. The fourth-order valence-corrected chi connectivity index (χ4v) is 4.39. The fourth-order valence-electron chi connectivity index (χ4n) is 4.39. The van der Waals surface area contributed by atoms with Gasteiger partial charge in [0, 0.05) is 22.9 Å². The molecule has 1 aliphatic heterocycles. The normalized spacial score (nSPS) is 15.0. The van der Waals surface area contributed by atoms with Crippen molar-refractivity contribution in [2.75, 3.05) is 0 Å². The van der Waals surface area contributed by atoms with Gasteiger partial charge in [-0.3, -0.25) is 14.5 Å². The van der Waals surface area contributed by atoms with Crippen molar-refractivity contribution in [2.24, 2.45) is 0 Å². The van der Waals surface area contributed by atoms with E-state index in [1.54, 1.807) is 29.8 Å². The average Bonchev–Trinajstić information content (AvgIpc) is 3.57. The van der Waals surface area contributed by atoms with E-state index < -0.39 is 11.8 Å². The number of nitriles is 1. The van der Waals surface area contributed by atoms with Crippen molar-refractivity contribution in [2.45, 2.75) is 27.3 Å². The lowest BCUT2D eigenvalue weighted by atomic mass is 9.92. The standard InChI is InChI=1S/C30H24N4O3/c1-19-11-12-20(2)25(14-19)28-22(17-34(32-28)23-8-5-4-6-9-23)15-26-21(3)27(16-31)30(36)33(29(26)35)18-24-10-7-13-37-24/h4-15,17H,18H2,1-3H3/b26-15+. The predicted octanol–water partition coefficient (Wildman–Crippen LogP) is 5.54. The Morgan fingerprint density at radius 3 is 2.49 bits per heavy atom. The summed E-state index contributed by atoms with van der Waals surface area (Å²) in [7, 11) is 0. The molecule has 5 rings (SSSR count). The second-order valence-corrected chi connectivity index (χ2v) is 8.98. The third-order valence-electron chi connectivity index (χ3n) is 6.43. The quantitative estimate of drug-likeness (QED) is 0.272. The Labute approximate surface area is 214 Å². The van der Waals surface area contributed by atoms with E-state index in [1.165, 1.54) is 6.26 Å². The van der Waals surface area contributed by atoms with Gasteiger partial charge in [0.05, 0.1) is 18.5 Å². The summed E-state index contributed by atoms with van der Waals surface area (Å²) < 4.78 is 7.13. The molecule has 0 fully saturated rings. The maximum absolute atomic E-state index is 13.6. The summed E-state index contributed by atoms with van der Waals surface area (Å²) in [5.74, 6) is -0.670. The monoisotopic (exact) mass is 488 g/mol. The number of para-hydroxylation sites is 1. The lowest BCUT2D eigenvalue weighted by Crippen LogP contribution is -2.42. The first-order chi connectivity index (χ1) is 17.9. The van der Waals surface area contributed by atoms with Crippen molar-refractivity contribution in [3.63, 3.8) is 0 Å². The van der Waals surface area contributed by atoms with Crippen LogP contribution >= 0.6 is 0 Å². The number of hydrogen-bond donors (Lipinski definition) is 0. The molecule has 0 bridgehead atoms. The smallest absolute Gasteiger partial charge is 0.272 e. The Bertz CT molecular complexity index is 1620. The van der Waals surface area contributed by atoms with E-state index >= 15 is 0 Å². The number of aromatic nitrogens is 2. The van der Waals surface area contributed by atoms with Crippen LogP contribution in [0.3, 0.4) is 0 Å². The van der Waals surface area contributed by atoms with Crippen molar-refractivity contribution in [3.05, 3.63) is 112 Å². The Morgan fingerprint density at radius 2 is 1.78 bits per heavy atom. The number of amides is 2. The molecule has 0 N–H and O–H groups in total. The van der Waals surface area contributed by atoms with Crippen LogP contribution in [0.1, 0.15) is 29.4 Å². The van der Waals surface area contributed by atoms with Crippen LogP contribution in [-0.2, 0) is 16.1 Å². The highest BCUT2D eigenvalue weighted by atomic mass is 16.3. The molecule has 2 aromatic carbocycles. The first-order valence-electron chi connectivity index (χ1n) is 11.8. The van der Waals surface area contributed by atoms with Gasteiger partial charge in [0.1, 0.15) is 23.1 Å². The summed E-state index contributed by atoms with van der Waals surface area (Å²) >= 11 is 0. The third-order valence-corrected chi connectivity index (χ3v) is 6.43. The van der Waals surface area contributed by atoms with Gasteiger partial charge in [-0.05, 0) is 68.3 Å². The van der Waals surface area contributed by atoms with Crippen LogP contribution in [0.25, 0.3) is 23.0 Å². The second-order valence-electron chi connectivity index (χ2n) is 8.98. The van der Waals surface area contributed by atoms with Gasteiger partial charge in [-0.1, -0.05) is 35.9 Å². The van der Waals surface area contributed by atoms with Gasteiger partial charge in [-0.15, -0.1) is 0 Å². The molecular formula is C30H24N4O3. The van der Waals surface area contributed by atoms with Crippen LogP contribution in [0.15, 0.2) is 94.3 Å². The molecule has 0 aliphatic carbocycles. The number of imide groups is 1. The zero-order valence-corrected chi connectivity index (χ0v) is 20.7. The molecule has 0 radical (unpaired) electrons. The highest BCUT2D eigenvalue weighted by Crippen LogP contribution is 2.33. The van der Waals surface area contributed by atoms with Crippen LogP contribution in [0.2, 0.25) is 0 Å². The lowest BCUT2D eigenvalue weighted by molar-refractivity contribution is -0.141. The van der Waals surface area contributed by atoms with Gasteiger partial charge >= 0.3 is 0 Å². The van der Waals surface area contributed by atoms with E-state index in [-0.39, 0.29) is 17.7 Å². The number of carbonyl (C=O) groups is 2. The SMILES string of the molecule is CC1=C(C#N)C(=O)N(Cc2ccco2)C(=O)/C1=C/c1cn(-c2ccccc2)nc1-c1cc(C)ccc1C. The summed E-state index contributed by atoms with van der Waals surface area (Å²) in [6.45, 7) is 5.60. The molecule has 0 saturated carbocycles. The zero-order valence-electron chi connectivity index (χ0n) is 20.7. The molecule has 2 aromatic heterocycles. The highest BCUT2D eigenvalue weighted by Gasteiger charge is 2.36. The summed E-state index contributed by atoms with van der Waals surface area (Å²) in [6, 6.07) is 21.2. The molecule has 0 atom stereocenters. The minimum atomic E-state index is -0.631. The van der Waals surface area contributed by atoms with Crippen LogP contribution in [0.4, 0.5) is 0 Å². The molecule has 4 aromatic rings. The maximum Gasteiger partial charge on any atom is 0.272 e. The molecule has 0 saturated heterocycles. The number of aryl methyl sites for hydroxylation is 2. The van der Waals surface area contributed by atoms with Gasteiger partial charge in [-0.2, -0.15) is 10.4 Å². The Balaban J connectivity index is 1.69. The lowest BCUT2D eigenvalue weighted by Gasteiger charge is -2.26. The molecule has 0 unspecified atom stereocenters. The Hall–Kier alpha value is -4.96. The first kappa shape index (κ1) is 23.8. The average molecular weight is 489 g/mol. The van der Waals surface area contributed by atoms with Gasteiger partial charge in [-0.25, -0.2) is 4.68 Å². The summed E-state index contributed by atoms with van der Waals surface area (Å²) in [4.78, 5) is 27.7. The van der Waals surface area contributed by atoms with E-state index in [1.807, 2.05) is 68.6 Å². The van der Waals surface area contributed by atoms with Gasteiger partial charge < -0.3 is 4.42 Å². The van der Waals surface area contributed by atoms with Crippen molar-refractivity contribution in [1.82, 2.24) is 14.7 Å². The van der Waals surface area contributed by atoms with E-state index in [4.69, 9.17) is 9.52 Å². The minimum absolute atomic E-state index is 0.0619. The van der Waals surface area contributed by atoms with Crippen molar-refractivity contribution in [3.8, 4) is 23.0 Å². The predicted molar refractivity (Wildman–Crippen MR) is 139 cm³/mol. The van der Waals surface area contributed by atoms with Gasteiger partial charge in [0.15, 0.2) is 0 Å². The Morgan fingerprint density at radius 1 is 1.00 bits per heavy atom. The minimum Gasteiger partial charge on any atom is -0.467 e. The van der Waals surface area contributed by atoms with Crippen LogP contribution < -0.4 is 0 Å². The summed E-state index contributed by atoms with van der Waals surface area (Å²) in [5.41, 5.74) is 5.87. The van der Waals surface area contributed by atoms with E-state index in [0.717, 1.165) is 27.3 Å². The number of hydrogen-bond acceptors (Lipinski definition) is 5. The number of nitrogens with zero attached hydrogens (tertiary/aromatic N) is 4. The van der Waals surface area contributed by atoms with Crippen molar-refractivity contribution < 1.29 is 14.0 Å². The van der Waals surface area contributed by atoms with Crippen molar-refractivity contribution >= 4 is 17.9 Å². The molecule has 7 nitrogen and oxygen atoms in total. The Kier molecular flexibility index (Phi) is 6.16. The van der Waals surface area contributed by atoms with E-state index in [2.05, 4.69) is 6.07 Å². The molecule has 182 valence electrons.